The number of nitrogens with zero attached hydrogens (tertiary/aromatic N) is 4. The van der Waals surface area contributed by atoms with Gasteiger partial charge in [0, 0.05) is 44.5 Å². The molecule has 0 aliphatic carbocycles. The third-order valence-electron chi connectivity index (χ3n) is 5.00. The van der Waals surface area contributed by atoms with E-state index < -0.39 is 0 Å². The van der Waals surface area contributed by atoms with Gasteiger partial charge < -0.3 is 9.80 Å². The summed E-state index contributed by atoms with van der Waals surface area (Å²) in [6, 6.07) is 6.67. The monoisotopic (exact) mass is 398 g/mol. The fourth-order valence-electron chi connectivity index (χ4n) is 3.45. The van der Waals surface area contributed by atoms with E-state index in [1.165, 1.54) is 11.3 Å². The lowest BCUT2D eigenvalue weighted by Gasteiger charge is -2.34. The van der Waals surface area contributed by atoms with Crippen LogP contribution < -0.4 is 0 Å². The smallest absolute Gasteiger partial charge is 0.273 e. The van der Waals surface area contributed by atoms with Crippen molar-refractivity contribution in [2.24, 2.45) is 0 Å². The minimum Gasteiger partial charge on any atom is -0.339 e. The van der Waals surface area contributed by atoms with Crippen molar-refractivity contribution in [3.8, 4) is 0 Å². The molecular weight excluding hydrogens is 380 g/mol. The van der Waals surface area contributed by atoms with Crippen LogP contribution in [0, 0.1) is 0 Å². The van der Waals surface area contributed by atoms with Crippen molar-refractivity contribution >= 4 is 35.0 Å². The number of amides is 4. The number of fused-ring (bicyclic) bond motifs is 1. The summed E-state index contributed by atoms with van der Waals surface area (Å²) in [5, 5.41) is 1.71. The summed E-state index contributed by atoms with van der Waals surface area (Å²) < 4.78 is 0. The summed E-state index contributed by atoms with van der Waals surface area (Å²) in [4.78, 5) is 58.0. The van der Waals surface area contributed by atoms with Crippen LogP contribution in [0.4, 0.5) is 0 Å². The van der Waals surface area contributed by atoms with Crippen LogP contribution in [-0.4, -0.2) is 76.0 Å². The molecule has 8 nitrogen and oxygen atoms in total. The van der Waals surface area contributed by atoms with Gasteiger partial charge in [-0.05, 0) is 12.1 Å². The molecule has 0 N–H and O–H groups in total. The van der Waals surface area contributed by atoms with Crippen molar-refractivity contribution in [3.05, 3.63) is 52.0 Å². The Bertz CT molecular complexity index is 900. The molecule has 28 heavy (non-hydrogen) atoms. The highest BCUT2D eigenvalue weighted by atomic mass is 32.1. The SMILES string of the molecule is O=C(CCN1C(=O)c2ccccc2C1=O)N1CCN(C(=O)c2cscn2)CC1. The van der Waals surface area contributed by atoms with Crippen LogP contribution in [0.5, 0.6) is 0 Å². The van der Waals surface area contributed by atoms with Crippen LogP contribution in [0.25, 0.3) is 0 Å². The first kappa shape index (κ1) is 18.3. The van der Waals surface area contributed by atoms with Crippen LogP contribution >= 0.6 is 11.3 Å². The lowest BCUT2D eigenvalue weighted by atomic mass is 10.1. The molecule has 0 bridgehead atoms. The van der Waals surface area contributed by atoms with Gasteiger partial charge in [0.05, 0.1) is 16.6 Å². The van der Waals surface area contributed by atoms with Crippen molar-refractivity contribution in [2.45, 2.75) is 6.42 Å². The van der Waals surface area contributed by atoms with Crippen LogP contribution in [0.3, 0.4) is 0 Å². The number of imide groups is 1. The predicted octanol–water partition coefficient (Wildman–Crippen LogP) is 1.11. The van der Waals surface area contributed by atoms with Crippen molar-refractivity contribution < 1.29 is 19.2 Å². The molecule has 9 heteroatoms. The average molecular weight is 398 g/mol. The highest BCUT2D eigenvalue weighted by molar-refractivity contribution is 7.07. The molecule has 1 saturated heterocycles. The summed E-state index contributed by atoms with van der Waals surface area (Å²) >= 11 is 1.37. The minimum atomic E-state index is -0.355. The second-order valence-corrected chi connectivity index (χ2v) is 7.32. The molecule has 1 aromatic carbocycles. The van der Waals surface area contributed by atoms with E-state index in [4.69, 9.17) is 0 Å². The van der Waals surface area contributed by atoms with E-state index in [1.807, 2.05) is 0 Å². The first-order chi connectivity index (χ1) is 13.6. The van der Waals surface area contributed by atoms with Gasteiger partial charge in [-0.3, -0.25) is 24.1 Å². The zero-order chi connectivity index (χ0) is 19.7. The molecule has 4 rings (SSSR count). The number of benzene rings is 1. The molecule has 2 aromatic rings. The molecule has 2 aliphatic heterocycles. The lowest BCUT2D eigenvalue weighted by Crippen LogP contribution is -2.51. The summed E-state index contributed by atoms with van der Waals surface area (Å²) in [5.41, 5.74) is 2.81. The summed E-state index contributed by atoms with van der Waals surface area (Å²) in [6.07, 6.45) is 0.0749. The van der Waals surface area contributed by atoms with E-state index in [-0.39, 0.29) is 36.6 Å². The molecule has 1 fully saturated rings. The van der Waals surface area contributed by atoms with E-state index in [2.05, 4.69) is 4.98 Å². The Morgan fingerprint density at radius 1 is 0.964 bits per heavy atom. The van der Waals surface area contributed by atoms with Crippen LogP contribution in [0.2, 0.25) is 0 Å². The van der Waals surface area contributed by atoms with E-state index >= 15 is 0 Å². The highest BCUT2D eigenvalue weighted by Gasteiger charge is 2.35. The Balaban J connectivity index is 1.29. The molecule has 1 aromatic heterocycles. The molecule has 0 spiro atoms. The van der Waals surface area contributed by atoms with E-state index in [9.17, 15) is 19.2 Å². The second-order valence-electron chi connectivity index (χ2n) is 6.60. The fourth-order valence-corrected chi connectivity index (χ4v) is 3.97. The zero-order valence-corrected chi connectivity index (χ0v) is 15.9. The van der Waals surface area contributed by atoms with Gasteiger partial charge in [-0.2, -0.15) is 0 Å². The number of carbonyl (C=O) groups is 4. The normalized spacial score (nSPS) is 16.5. The summed E-state index contributed by atoms with van der Waals surface area (Å²) in [5.74, 6) is -0.962. The highest BCUT2D eigenvalue weighted by Crippen LogP contribution is 2.22. The number of thiazole rings is 1. The first-order valence-electron chi connectivity index (χ1n) is 8.96. The van der Waals surface area contributed by atoms with Crippen LogP contribution in [-0.2, 0) is 4.79 Å². The van der Waals surface area contributed by atoms with Gasteiger partial charge in [-0.15, -0.1) is 11.3 Å². The zero-order valence-electron chi connectivity index (χ0n) is 15.0. The first-order valence-corrected chi connectivity index (χ1v) is 9.91. The van der Waals surface area contributed by atoms with Gasteiger partial charge >= 0.3 is 0 Å². The quantitative estimate of drug-likeness (QED) is 0.720. The third-order valence-corrected chi connectivity index (χ3v) is 5.58. The van der Waals surface area contributed by atoms with Crippen molar-refractivity contribution in [1.82, 2.24) is 19.7 Å². The number of hydrogen-bond donors (Lipinski definition) is 0. The average Bonchev–Trinajstić information content (AvgIpc) is 3.35. The van der Waals surface area contributed by atoms with Gasteiger partial charge in [-0.1, -0.05) is 12.1 Å². The van der Waals surface area contributed by atoms with Gasteiger partial charge in [0.2, 0.25) is 5.91 Å². The molecule has 4 amide bonds. The number of carbonyl (C=O) groups excluding carboxylic acids is 4. The van der Waals surface area contributed by atoms with Crippen molar-refractivity contribution in [3.63, 3.8) is 0 Å². The minimum absolute atomic E-state index is 0.0587. The summed E-state index contributed by atoms with van der Waals surface area (Å²) in [7, 11) is 0. The van der Waals surface area contributed by atoms with Gasteiger partial charge in [-0.25, -0.2) is 4.98 Å². The van der Waals surface area contributed by atoms with Gasteiger partial charge in [0.25, 0.3) is 17.7 Å². The Morgan fingerprint density at radius 2 is 1.57 bits per heavy atom. The molecule has 0 radical (unpaired) electrons. The molecule has 0 saturated carbocycles. The van der Waals surface area contributed by atoms with E-state index in [1.54, 1.807) is 45.0 Å². The largest absolute Gasteiger partial charge is 0.339 e. The Kier molecular flexibility index (Phi) is 4.91. The Morgan fingerprint density at radius 3 is 2.14 bits per heavy atom. The fraction of sp³-hybridized carbons (Fsp3) is 0.316. The van der Waals surface area contributed by atoms with Gasteiger partial charge in [0.1, 0.15) is 5.69 Å². The maximum Gasteiger partial charge on any atom is 0.273 e. The second kappa shape index (κ2) is 7.51. The van der Waals surface area contributed by atoms with Crippen molar-refractivity contribution in [2.75, 3.05) is 32.7 Å². The Labute approximate surface area is 165 Å². The third kappa shape index (κ3) is 3.29. The predicted molar refractivity (Wildman–Crippen MR) is 101 cm³/mol. The number of aromatic nitrogens is 1. The van der Waals surface area contributed by atoms with E-state index in [0.717, 1.165) is 4.90 Å². The molecular formula is C19H18N4O4S. The van der Waals surface area contributed by atoms with Gasteiger partial charge in [0.15, 0.2) is 0 Å². The number of rotatable bonds is 4. The Hall–Kier alpha value is -3.07. The van der Waals surface area contributed by atoms with E-state index in [0.29, 0.717) is 43.0 Å². The van der Waals surface area contributed by atoms with Crippen LogP contribution in [0.1, 0.15) is 37.6 Å². The maximum absolute atomic E-state index is 12.5. The molecule has 0 unspecified atom stereocenters. The maximum atomic E-state index is 12.5. The summed E-state index contributed by atoms with van der Waals surface area (Å²) in [6.45, 7) is 1.79. The molecule has 2 aliphatic rings. The topological polar surface area (TPSA) is 90.9 Å². The molecule has 3 heterocycles. The molecule has 0 atom stereocenters. The lowest BCUT2D eigenvalue weighted by molar-refractivity contribution is -0.132. The van der Waals surface area contributed by atoms with Crippen molar-refractivity contribution in [1.29, 1.82) is 0 Å². The molecule has 144 valence electrons. The standard InChI is InChI=1S/C19H18N4O4S/c24-16(5-6-23-17(25)13-3-1-2-4-14(13)18(23)26)21-7-9-22(10-8-21)19(27)15-11-28-12-20-15/h1-4,11-12H,5-10H2. The number of piperazine rings is 1. The van der Waals surface area contributed by atoms with Crippen LogP contribution in [0.15, 0.2) is 35.2 Å². The number of hydrogen-bond acceptors (Lipinski definition) is 6.